The zero-order valence-electron chi connectivity index (χ0n) is 11.0. The van der Waals surface area contributed by atoms with Crippen molar-refractivity contribution in [1.29, 1.82) is 0 Å². The van der Waals surface area contributed by atoms with Crippen LogP contribution in [0, 0.1) is 18.8 Å². The summed E-state index contributed by atoms with van der Waals surface area (Å²) in [7, 11) is -3.73. The van der Waals surface area contributed by atoms with Gasteiger partial charge in [0, 0.05) is 5.56 Å². The number of benzene rings is 2. The van der Waals surface area contributed by atoms with Gasteiger partial charge in [-0.15, -0.1) is 0 Å². The van der Waals surface area contributed by atoms with Crippen LogP contribution >= 0.6 is 0 Å². The second-order valence-electron chi connectivity index (χ2n) is 4.20. The molecule has 2 aromatic rings. The predicted molar refractivity (Wildman–Crippen MR) is 77.6 cm³/mol. The Morgan fingerprint density at radius 1 is 1.00 bits per heavy atom. The minimum atomic E-state index is -3.73. The Bertz CT molecular complexity index is 721. The molecule has 0 N–H and O–H groups in total. The Balaban J connectivity index is 2.00. The molecule has 0 bridgehead atoms. The Morgan fingerprint density at radius 2 is 1.65 bits per heavy atom. The van der Waals surface area contributed by atoms with Crippen molar-refractivity contribution in [2.75, 3.05) is 6.61 Å². The van der Waals surface area contributed by atoms with Crippen LogP contribution in [0.3, 0.4) is 0 Å². The van der Waals surface area contributed by atoms with Crippen molar-refractivity contribution < 1.29 is 12.6 Å². The number of rotatable bonds is 3. The van der Waals surface area contributed by atoms with Crippen LogP contribution in [0.2, 0.25) is 0 Å². The highest BCUT2D eigenvalue weighted by Gasteiger charge is 2.13. The van der Waals surface area contributed by atoms with Crippen LogP contribution in [-0.2, 0) is 14.3 Å². The van der Waals surface area contributed by atoms with Crippen molar-refractivity contribution >= 4 is 10.1 Å². The molecule has 20 heavy (non-hydrogen) atoms. The van der Waals surface area contributed by atoms with Crippen molar-refractivity contribution in [3.8, 4) is 11.8 Å². The SMILES string of the molecule is Cc1ccc(S(=O)(=O)OCC#Cc2ccccc2)cc1. The van der Waals surface area contributed by atoms with Crippen LogP contribution in [0.15, 0.2) is 59.5 Å². The first kappa shape index (κ1) is 14.3. The molecule has 0 aromatic heterocycles. The maximum absolute atomic E-state index is 11.9. The molecule has 0 aliphatic rings. The molecule has 102 valence electrons. The molecule has 0 heterocycles. The summed E-state index contributed by atoms with van der Waals surface area (Å²) in [6.45, 7) is 1.73. The van der Waals surface area contributed by atoms with Crippen molar-refractivity contribution in [3.05, 3.63) is 65.7 Å². The van der Waals surface area contributed by atoms with Gasteiger partial charge in [0.15, 0.2) is 0 Å². The highest BCUT2D eigenvalue weighted by molar-refractivity contribution is 7.86. The van der Waals surface area contributed by atoms with E-state index in [1.807, 2.05) is 37.3 Å². The topological polar surface area (TPSA) is 43.4 Å². The second kappa shape index (κ2) is 6.38. The summed E-state index contributed by atoms with van der Waals surface area (Å²) in [5, 5.41) is 0. The van der Waals surface area contributed by atoms with Crippen LogP contribution in [-0.4, -0.2) is 15.0 Å². The molecule has 0 saturated carbocycles. The van der Waals surface area contributed by atoms with E-state index in [9.17, 15) is 8.42 Å². The molecular weight excluding hydrogens is 272 g/mol. The molecule has 0 radical (unpaired) electrons. The van der Waals surface area contributed by atoms with E-state index in [4.69, 9.17) is 4.18 Å². The van der Waals surface area contributed by atoms with Gasteiger partial charge < -0.3 is 0 Å². The van der Waals surface area contributed by atoms with Crippen LogP contribution in [0.1, 0.15) is 11.1 Å². The van der Waals surface area contributed by atoms with Gasteiger partial charge in [0.25, 0.3) is 10.1 Å². The Labute approximate surface area is 119 Å². The fourth-order valence-electron chi connectivity index (χ4n) is 1.54. The van der Waals surface area contributed by atoms with E-state index in [0.29, 0.717) is 0 Å². The largest absolute Gasteiger partial charge is 0.297 e. The maximum Gasteiger partial charge on any atom is 0.297 e. The van der Waals surface area contributed by atoms with E-state index in [2.05, 4.69) is 11.8 Å². The van der Waals surface area contributed by atoms with Gasteiger partial charge in [-0.1, -0.05) is 47.7 Å². The summed E-state index contributed by atoms with van der Waals surface area (Å²) in [5.41, 5.74) is 1.82. The third kappa shape index (κ3) is 3.95. The van der Waals surface area contributed by atoms with Gasteiger partial charge in [-0.05, 0) is 31.2 Å². The molecule has 0 amide bonds. The third-order valence-corrected chi connectivity index (χ3v) is 3.88. The second-order valence-corrected chi connectivity index (χ2v) is 5.81. The number of aryl methyl sites for hydroxylation is 1. The van der Waals surface area contributed by atoms with Crippen LogP contribution in [0.5, 0.6) is 0 Å². The fraction of sp³-hybridized carbons (Fsp3) is 0.125. The summed E-state index contributed by atoms with van der Waals surface area (Å²) in [6, 6.07) is 15.8. The smallest absolute Gasteiger partial charge is 0.253 e. The van der Waals surface area contributed by atoms with Crippen molar-refractivity contribution in [3.63, 3.8) is 0 Å². The van der Waals surface area contributed by atoms with E-state index < -0.39 is 10.1 Å². The molecule has 0 fully saturated rings. The molecule has 0 spiro atoms. The van der Waals surface area contributed by atoms with E-state index in [1.165, 1.54) is 12.1 Å². The molecule has 0 saturated heterocycles. The van der Waals surface area contributed by atoms with Gasteiger partial charge in [0.2, 0.25) is 0 Å². The predicted octanol–water partition coefficient (Wildman–Crippen LogP) is 2.75. The van der Waals surface area contributed by atoms with Gasteiger partial charge in [-0.3, -0.25) is 4.18 Å². The van der Waals surface area contributed by atoms with Gasteiger partial charge >= 0.3 is 0 Å². The summed E-state index contributed by atoms with van der Waals surface area (Å²) >= 11 is 0. The lowest BCUT2D eigenvalue weighted by molar-refractivity contribution is 0.363. The average molecular weight is 286 g/mol. The first-order chi connectivity index (χ1) is 9.58. The lowest BCUT2D eigenvalue weighted by Gasteiger charge is -2.02. The summed E-state index contributed by atoms with van der Waals surface area (Å²) in [4.78, 5) is 0.143. The summed E-state index contributed by atoms with van der Waals surface area (Å²) < 4.78 is 28.6. The summed E-state index contributed by atoms with van der Waals surface area (Å²) in [5.74, 6) is 5.53. The number of hydrogen-bond acceptors (Lipinski definition) is 3. The lowest BCUT2D eigenvalue weighted by Crippen LogP contribution is -2.06. The monoisotopic (exact) mass is 286 g/mol. The minimum absolute atomic E-state index is 0.143. The first-order valence-electron chi connectivity index (χ1n) is 6.08. The third-order valence-electron chi connectivity index (χ3n) is 2.60. The van der Waals surface area contributed by atoms with E-state index in [-0.39, 0.29) is 11.5 Å². The van der Waals surface area contributed by atoms with Gasteiger partial charge in [0.05, 0.1) is 4.90 Å². The average Bonchev–Trinajstić information content (AvgIpc) is 2.45. The molecule has 0 aliphatic carbocycles. The molecule has 2 aromatic carbocycles. The Kier molecular flexibility index (Phi) is 4.57. The normalized spacial score (nSPS) is 10.7. The molecule has 4 heteroatoms. The van der Waals surface area contributed by atoms with E-state index >= 15 is 0 Å². The van der Waals surface area contributed by atoms with Gasteiger partial charge in [-0.2, -0.15) is 8.42 Å². The minimum Gasteiger partial charge on any atom is -0.253 e. The zero-order valence-corrected chi connectivity index (χ0v) is 11.9. The maximum atomic E-state index is 11.9. The van der Waals surface area contributed by atoms with E-state index in [0.717, 1.165) is 11.1 Å². The molecule has 0 atom stereocenters. The van der Waals surface area contributed by atoms with Crippen LogP contribution in [0.4, 0.5) is 0 Å². The molecule has 3 nitrogen and oxygen atoms in total. The fourth-order valence-corrected chi connectivity index (χ4v) is 2.36. The molecular formula is C16H14O3S. The lowest BCUT2D eigenvalue weighted by atomic mass is 10.2. The van der Waals surface area contributed by atoms with Crippen molar-refractivity contribution in [2.24, 2.45) is 0 Å². The summed E-state index contributed by atoms with van der Waals surface area (Å²) in [6.07, 6.45) is 0. The Morgan fingerprint density at radius 3 is 2.30 bits per heavy atom. The highest BCUT2D eigenvalue weighted by Crippen LogP contribution is 2.12. The van der Waals surface area contributed by atoms with Crippen LogP contribution < -0.4 is 0 Å². The van der Waals surface area contributed by atoms with Crippen molar-refractivity contribution in [1.82, 2.24) is 0 Å². The zero-order chi connectivity index (χ0) is 14.4. The standard InChI is InChI=1S/C16H14O3S/c1-14-9-11-16(12-10-14)20(17,18)19-13-5-8-15-6-3-2-4-7-15/h2-4,6-7,9-12H,13H2,1H3. The van der Waals surface area contributed by atoms with Gasteiger partial charge in [0.1, 0.15) is 6.61 Å². The van der Waals surface area contributed by atoms with E-state index in [1.54, 1.807) is 12.1 Å². The van der Waals surface area contributed by atoms with Crippen LogP contribution in [0.25, 0.3) is 0 Å². The Hall–Kier alpha value is -2.09. The number of hydrogen-bond donors (Lipinski definition) is 0. The quantitative estimate of drug-likeness (QED) is 0.643. The highest BCUT2D eigenvalue weighted by atomic mass is 32.2. The van der Waals surface area contributed by atoms with Gasteiger partial charge in [-0.25, -0.2) is 0 Å². The molecule has 2 rings (SSSR count). The van der Waals surface area contributed by atoms with Crippen molar-refractivity contribution in [2.45, 2.75) is 11.8 Å². The molecule has 0 unspecified atom stereocenters. The molecule has 0 aliphatic heterocycles. The first-order valence-corrected chi connectivity index (χ1v) is 7.49.